The molecular weight excluding hydrogens is 446 g/mol. The molecule has 0 fully saturated rings. The maximum atomic E-state index is 13.5. The fourth-order valence-corrected chi connectivity index (χ4v) is 5.33. The van der Waals surface area contributed by atoms with Gasteiger partial charge in [-0.3, -0.25) is 0 Å². The Hall–Kier alpha value is -3.61. The van der Waals surface area contributed by atoms with Crippen LogP contribution in [-0.2, 0) is 11.3 Å². The molecule has 2 aromatic carbocycles. The quantitative estimate of drug-likeness (QED) is 0.452. The van der Waals surface area contributed by atoms with Crippen LogP contribution in [0.25, 0.3) is 22.4 Å². The molecule has 0 unspecified atom stereocenters. The van der Waals surface area contributed by atoms with Crippen molar-refractivity contribution in [2.45, 2.75) is 47.1 Å². The van der Waals surface area contributed by atoms with Gasteiger partial charge in [0, 0.05) is 34.8 Å². The second-order valence-electron chi connectivity index (χ2n) is 8.98. The molecule has 1 aliphatic rings. The first-order chi connectivity index (χ1) is 16.7. The smallest absolute Gasteiger partial charge is 0.340 e. The summed E-state index contributed by atoms with van der Waals surface area (Å²) in [5.41, 5.74) is 7.20. The Morgan fingerprint density at radius 1 is 1.03 bits per heavy atom. The number of carbonyl (C=O) groups excluding carboxylic acids is 1. The zero-order valence-corrected chi connectivity index (χ0v) is 21.7. The van der Waals surface area contributed by atoms with Gasteiger partial charge >= 0.3 is 5.97 Å². The second-order valence-corrected chi connectivity index (χ2v) is 8.98. The van der Waals surface area contributed by atoms with Crippen LogP contribution in [0.1, 0.15) is 52.5 Å². The molecule has 4 rings (SSSR count). The third-order valence-corrected chi connectivity index (χ3v) is 6.86. The zero-order valence-electron chi connectivity index (χ0n) is 21.7. The predicted molar refractivity (Wildman–Crippen MR) is 135 cm³/mol. The molecule has 7 heteroatoms. The number of phenols is 1. The van der Waals surface area contributed by atoms with E-state index in [1.807, 2.05) is 39.0 Å². The first-order valence-electron chi connectivity index (χ1n) is 11.7. The molecule has 0 radical (unpaired) electrons. The maximum Gasteiger partial charge on any atom is 0.340 e. The van der Waals surface area contributed by atoms with Gasteiger partial charge in [0.1, 0.15) is 5.75 Å². The van der Waals surface area contributed by atoms with E-state index in [-0.39, 0.29) is 18.3 Å². The molecule has 0 saturated carbocycles. The number of benzene rings is 2. The monoisotopic (exact) mass is 479 g/mol. The Labute approximate surface area is 206 Å². The zero-order chi connectivity index (χ0) is 25.6. The van der Waals surface area contributed by atoms with E-state index in [2.05, 4.69) is 11.5 Å². The highest BCUT2D eigenvalue weighted by Gasteiger charge is 2.37. The van der Waals surface area contributed by atoms with Crippen molar-refractivity contribution in [1.29, 1.82) is 0 Å². The van der Waals surface area contributed by atoms with E-state index in [0.29, 0.717) is 29.4 Å². The molecule has 186 valence electrons. The van der Waals surface area contributed by atoms with Crippen molar-refractivity contribution < 1.29 is 28.8 Å². The SMILES string of the molecule is CCOC(=O)c1c(-c2cc(C)c(O)c(C)c2)c(C)n2c1-c1cc(OC)c(OC)c(OC)c1[C@H](C)C2. The van der Waals surface area contributed by atoms with Crippen molar-refractivity contribution in [3.05, 3.63) is 46.1 Å². The minimum Gasteiger partial charge on any atom is -0.507 e. The number of nitrogens with zero attached hydrogens (tertiary/aromatic N) is 1. The summed E-state index contributed by atoms with van der Waals surface area (Å²) >= 11 is 0. The number of phenolic OH excluding ortho intramolecular Hbond substituents is 1. The molecule has 0 aliphatic carbocycles. The molecule has 1 atom stereocenters. The van der Waals surface area contributed by atoms with Crippen LogP contribution in [0.15, 0.2) is 18.2 Å². The van der Waals surface area contributed by atoms with Crippen molar-refractivity contribution in [3.8, 4) is 45.4 Å². The molecule has 0 amide bonds. The predicted octanol–water partition coefficient (Wildman–Crippen LogP) is 5.77. The average Bonchev–Trinajstić information content (AvgIpc) is 3.13. The summed E-state index contributed by atoms with van der Waals surface area (Å²) in [5, 5.41) is 10.4. The van der Waals surface area contributed by atoms with Gasteiger partial charge in [-0.15, -0.1) is 0 Å². The number of rotatable bonds is 6. The summed E-state index contributed by atoms with van der Waals surface area (Å²) in [4.78, 5) is 13.5. The summed E-state index contributed by atoms with van der Waals surface area (Å²) in [6, 6.07) is 5.75. The Kier molecular flexibility index (Phi) is 6.45. The van der Waals surface area contributed by atoms with Crippen LogP contribution < -0.4 is 14.2 Å². The number of aryl methyl sites for hydroxylation is 2. The lowest BCUT2D eigenvalue weighted by molar-refractivity contribution is 0.0528. The standard InChI is InChI=1S/C28H33NO6/c1-9-35-28(31)23-22(18-10-14(2)25(30)15(3)11-18)17(5)29-13-16(4)21-19(24(23)29)12-20(32-6)26(33-7)27(21)34-8/h10-12,16,30H,9,13H2,1-8H3/t16-/m1/s1. The lowest BCUT2D eigenvalue weighted by atomic mass is 9.87. The van der Waals surface area contributed by atoms with Crippen molar-refractivity contribution in [2.75, 3.05) is 27.9 Å². The summed E-state index contributed by atoms with van der Waals surface area (Å²) in [5.74, 6) is 1.61. The lowest BCUT2D eigenvalue weighted by Crippen LogP contribution is -2.19. The average molecular weight is 480 g/mol. The Bertz CT molecular complexity index is 1300. The lowest BCUT2D eigenvalue weighted by Gasteiger charge is -2.30. The van der Waals surface area contributed by atoms with E-state index < -0.39 is 5.97 Å². The van der Waals surface area contributed by atoms with Gasteiger partial charge in [0.15, 0.2) is 11.5 Å². The van der Waals surface area contributed by atoms with Crippen LogP contribution in [-0.4, -0.2) is 43.6 Å². The fourth-order valence-electron chi connectivity index (χ4n) is 5.33. The first-order valence-corrected chi connectivity index (χ1v) is 11.7. The Balaban J connectivity index is 2.14. The number of hydrogen-bond donors (Lipinski definition) is 1. The van der Waals surface area contributed by atoms with E-state index in [1.165, 1.54) is 0 Å². The topological polar surface area (TPSA) is 79.2 Å². The summed E-state index contributed by atoms with van der Waals surface area (Å²) < 4.78 is 24.9. The third-order valence-electron chi connectivity index (χ3n) is 6.86. The van der Waals surface area contributed by atoms with E-state index in [1.54, 1.807) is 28.3 Å². The van der Waals surface area contributed by atoms with Gasteiger partial charge < -0.3 is 28.6 Å². The van der Waals surface area contributed by atoms with Crippen molar-refractivity contribution in [2.24, 2.45) is 0 Å². The van der Waals surface area contributed by atoms with Gasteiger partial charge in [0.25, 0.3) is 0 Å². The number of aromatic nitrogens is 1. The largest absolute Gasteiger partial charge is 0.507 e. The highest BCUT2D eigenvalue weighted by molar-refractivity contribution is 6.06. The molecule has 2 heterocycles. The number of hydrogen-bond acceptors (Lipinski definition) is 6. The number of ether oxygens (including phenoxy) is 4. The van der Waals surface area contributed by atoms with Gasteiger partial charge in [-0.05, 0) is 62.6 Å². The van der Waals surface area contributed by atoms with Gasteiger partial charge in [-0.1, -0.05) is 6.92 Å². The van der Waals surface area contributed by atoms with Crippen LogP contribution >= 0.6 is 0 Å². The molecular formula is C28H33NO6. The number of methoxy groups -OCH3 is 3. The molecule has 1 aliphatic heterocycles. The summed E-state index contributed by atoms with van der Waals surface area (Å²) in [6.45, 7) is 10.6. The van der Waals surface area contributed by atoms with Crippen molar-refractivity contribution >= 4 is 5.97 Å². The molecule has 7 nitrogen and oxygen atoms in total. The maximum absolute atomic E-state index is 13.5. The minimum atomic E-state index is -0.392. The van der Waals surface area contributed by atoms with Gasteiger partial charge in [0.2, 0.25) is 5.75 Å². The van der Waals surface area contributed by atoms with Gasteiger partial charge in [0.05, 0.1) is 39.2 Å². The Morgan fingerprint density at radius 3 is 2.20 bits per heavy atom. The van der Waals surface area contributed by atoms with Crippen molar-refractivity contribution in [3.63, 3.8) is 0 Å². The normalized spacial score (nSPS) is 14.2. The van der Waals surface area contributed by atoms with Crippen LogP contribution in [0.2, 0.25) is 0 Å². The number of carbonyl (C=O) groups is 1. The van der Waals surface area contributed by atoms with Crippen LogP contribution in [0.3, 0.4) is 0 Å². The van der Waals surface area contributed by atoms with Gasteiger partial charge in [-0.25, -0.2) is 4.79 Å². The van der Waals surface area contributed by atoms with Crippen LogP contribution in [0.5, 0.6) is 23.0 Å². The van der Waals surface area contributed by atoms with Gasteiger partial charge in [-0.2, -0.15) is 0 Å². The number of aromatic hydroxyl groups is 1. The van der Waals surface area contributed by atoms with Crippen molar-refractivity contribution in [1.82, 2.24) is 4.57 Å². The molecule has 3 aromatic rings. The van der Waals surface area contributed by atoms with E-state index >= 15 is 0 Å². The second kappa shape index (κ2) is 9.21. The Morgan fingerprint density at radius 2 is 1.66 bits per heavy atom. The van der Waals surface area contributed by atoms with Crippen LogP contribution in [0, 0.1) is 20.8 Å². The highest BCUT2D eigenvalue weighted by atomic mass is 16.5. The number of fused-ring (bicyclic) bond motifs is 3. The van der Waals surface area contributed by atoms with E-state index in [0.717, 1.165) is 44.8 Å². The molecule has 1 N–H and O–H groups in total. The summed E-state index contributed by atoms with van der Waals surface area (Å²) in [7, 11) is 4.79. The number of esters is 1. The summed E-state index contributed by atoms with van der Waals surface area (Å²) in [6.07, 6.45) is 0. The molecule has 0 spiro atoms. The highest BCUT2D eigenvalue weighted by Crippen LogP contribution is 2.53. The molecule has 1 aromatic heterocycles. The molecule has 35 heavy (non-hydrogen) atoms. The minimum absolute atomic E-state index is 0.0875. The fraction of sp³-hybridized carbons (Fsp3) is 0.393. The first kappa shape index (κ1) is 24.5. The van der Waals surface area contributed by atoms with Crippen LogP contribution in [0.4, 0.5) is 0 Å². The third kappa shape index (κ3) is 3.70. The van der Waals surface area contributed by atoms with E-state index in [9.17, 15) is 9.90 Å². The van der Waals surface area contributed by atoms with E-state index in [4.69, 9.17) is 18.9 Å². The molecule has 0 saturated heterocycles. The molecule has 0 bridgehead atoms.